The van der Waals surface area contributed by atoms with Gasteiger partial charge < -0.3 is 4.90 Å². The van der Waals surface area contributed by atoms with Crippen LogP contribution in [0.15, 0.2) is 0 Å². The van der Waals surface area contributed by atoms with E-state index < -0.39 is 0 Å². The quantitative estimate of drug-likeness (QED) is 0.783. The number of carbonyl (C=O) groups is 2. The third-order valence-corrected chi connectivity index (χ3v) is 4.86. The van der Waals surface area contributed by atoms with Gasteiger partial charge in [0, 0.05) is 31.8 Å². The first-order valence-corrected chi connectivity index (χ1v) is 8.01. The Labute approximate surface area is 116 Å². The second-order valence-electron chi connectivity index (χ2n) is 6.20. The van der Waals surface area contributed by atoms with Crippen LogP contribution in [0.3, 0.4) is 0 Å². The van der Waals surface area contributed by atoms with Crippen molar-refractivity contribution in [2.24, 2.45) is 11.8 Å². The fourth-order valence-corrected chi connectivity index (χ4v) is 3.45. The largest absolute Gasteiger partial charge is 0.342 e. The van der Waals surface area contributed by atoms with Crippen LogP contribution in [-0.4, -0.2) is 29.7 Å². The molecular formula is C16H27NO2. The molecule has 1 aliphatic carbocycles. The van der Waals surface area contributed by atoms with Crippen molar-refractivity contribution < 1.29 is 9.59 Å². The van der Waals surface area contributed by atoms with E-state index in [4.69, 9.17) is 0 Å². The molecule has 0 aromatic rings. The fraction of sp³-hybridized carbons (Fsp3) is 0.875. The second kappa shape index (κ2) is 7.06. The number of hydrogen-bond acceptors (Lipinski definition) is 2. The topological polar surface area (TPSA) is 37.4 Å². The van der Waals surface area contributed by atoms with Crippen molar-refractivity contribution in [1.82, 2.24) is 4.90 Å². The van der Waals surface area contributed by atoms with E-state index in [1.54, 1.807) is 0 Å². The standard InChI is InChI=1S/C16H27NO2/c1-2-14-12-17(11-10-15(14)18)16(19)9-8-13-6-4-3-5-7-13/h13-14H,2-12H2,1H3. The van der Waals surface area contributed by atoms with Gasteiger partial charge in [0.25, 0.3) is 0 Å². The molecule has 3 nitrogen and oxygen atoms in total. The number of likely N-dealkylation sites (tertiary alicyclic amines) is 1. The van der Waals surface area contributed by atoms with Gasteiger partial charge in [-0.2, -0.15) is 0 Å². The molecule has 0 aromatic carbocycles. The molecule has 1 aliphatic heterocycles. The summed E-state index contributed by atoms with van der Waals surface area (Å²) < 4.78 is 0. The first-order valence-electron chi connectivity index (χ1n) is 8.01. The number of nitrogens with zero attached hydrogens (tertiary/aromatic N) is 1. The van der Waals surface area contributed by atoms with Gasteiger partial charge in [-0.3, -0.25) is 9.59 Å². The van der Waals surface area contributed by atoms with Gasteiger partial charge in [-0.25, -0.2) is 0 Å². The van der Waals surface area contributed by atoms with Crippen LogP contribution in [0.25, 0.3) is 0 Å². The van der Waals surface area contributed by atoms with Gasteiger partial charge in [0.05, 0.1) is 0 Å². The molecule has 1 atom stereocenters. The van der Waals surface area contributed by atoms with E-state index in [1.807, 2.05) is 11.8 Å². The lowest BCUT2D eigenvalue weighted by Crippen LogP contribution is -2.44. The number of amides is 1. The van der Waals surface area contributed by atoms with Crippen LogP contribution in [0, 0.1) is 11.8 Å². The predicted molar refractivity (Wildman–Crippen MR) is 75.8 cm³/mol. The molecule has 2 aliphatic rings. The summed E-state index contributed by atoms with van der Waals surface area (Å²) in [7, 11) is 0. The van der Waals surface area contributed by atoms with E-state index in [2.05, 4.69) is 0 Å². The van der Waals surface area contributed by atoms with E-state index in [-0.39, 0.29) is 11.8 Å². The first-order chi connectivity index (χ1) is 9.20. The van der Waals surface area contributed by atoms with Gasteiger partial charge in [0.2, 0.25) is 5.91 Å². The molecule has 19 heavy (non-hydrogen) atoms. The number of ketones is 1. The zero-order chi connectivity index (χ0) is 13.7. The Bertz CT molecular complexity index is 321. The van der Waals surface area contributed by atoms with Crippen LogP contribution in [-0.2, 0) is 9.59 Å². The highest BCUT2D eigenvalue weighted by molar-refractivity contribution is 5.85. The van der Waals surface area contributed by atoms with Crippen molar-refractivity contribution in [1.29, 1.82) is 0 Å². The van der Waals surface area contributed by atoms with E-state index >= 15 is 0 Å². The Hall–Kier alpha value is -0.860. The van der Waals surface area contributed by atoms with Crippen molar-refractivity contribution in [2.45, 2.75) is 64.7 Å². The van der Waals surface area contributed by atoms with Gasteiger partial charge in [-0.15, -0.1) is 0 Å². The summed E-state index contributed by atoms with van der Waals surface area (Å²) in [5.74, 6) is 1.48. The molecule has 1 saturated carbocycles. The summed E-state index contributed by atoms with van der Waals surface area (Å²) >= 11 is 0. The molecule has 3 heteroatoms. The van der Waals surface area contributed by atoms with Crippen LogP contribution in [0.4, 0.5) is 0 Å². The van der Waals surface area contributed by atoms with E-state index in [0.29, 0.717) is 31.7 Å². The summed E-state index contributed by atoms with van der Waals surface area (Å²) in [6.07, 6.45) is 9.85. The number of Topliss-reactive ketones (excluding diaryl/α,β-unsaturated/α-hetero) is 1. The molecule has 108 valence electrons. The Kier molecular flexibility index (Phi) is 5.41. The van der Waals surface area contributed by atoms with Crippen molar-refractivity contribution in [3.8, 4) is 0 Å². The molecule has 2 rings (SSSR count). The highest BCUT2D eigenvalue weighted by atomic mass is 16.2. The van der Waals surface area contributed by atoms with Crippen molar-refractivity contribution in [3.63, 3.8) is 0 Å². The lowest BCUT2D eigenvalue weighted by atomic mass is 9.86. The predicted octanol–water partition coefficient (Wildman–Crippen LogP) is 3.17. The van der Waals surface area contributed by atoms with Crippen molar-refractivity contribution in [3.05, 3.63) is 0 Å². The maximum absolute atomic E-state index is 12.2. The Balaban J connectivity index is 1.74. The van der Waals surface area contributed by atoms with E-state index in [0.717, 1.165) is 18.8 Å². The lowest BCUT2D eigenvalue weighted by molar-refractivity contribution is -0.137. The zero-order valence-corrected chi connectivity index (χ0v) is 12.2. The smallest absolute Gasteiger partial charge is 0.222 e. The van der Waals surface area contributed by atoms with Crippen molar-refractivity contribution >= 4 is 11.7 Å². The van der Waals surface area contributed by atoms with Crippen LogP contribution in [0.2, 0.25) is 0 Å². The van der Waals surface area contributed by atoms with Crippen LogP contribution >= 0.6 is 0 Å². The first kappa shape index (κ1) is 14.5. The summed E-state index contributed by atoms with van der Waals surface area (Å²) in [5.41, 5.74) is 0. The zero-order valence-electron chi connectivity index (χ0n) is 12.2. The fourth-order valence-electron chi connectivity index (χ4n) is 3.45. The van der Waals surface area contributed by atoms with Gasteiger partial charge in [0.15, 0.2) is 0 Å². The summed E-state index contributed by atoms with van der Waals surface area (Å²) in [6.45, 7) is 3.36. The number of rotatable bonds is 4. The Morgan fingerprint density at radius 1 is 1.26 bits per heavy atom. The minimum absolute atomic E-state index is 0.0902. The maximum Gasteiger partial charge on any atom is 0.222 e. The number of carbonyl (C=O) groups excluding carboxylic acids is 2. The summed E-state index contributed by atoms with van der Waals surface area (Å²) in [5, 5.41) is 0. The highest BCUT2D eigenvalue weighted by Crippen LogP contribution is 2.28. The molecule has 1 amide bonds. The average Bonchev–Trinajstić information content (AvgIpc) is 2.46. The molecule has 1 saturated heterocycles. The normalized spacial score (nSPS) is 25.6. The van der Waals surface area contributed by atoms with Gasteiger partial charge in [0.1, 0.15) is 5.78 Å². The summed E-state index contributed by atoms with van der Waals surface area (Å²) in [4.78, 5) is 25.8. The molecule has 1 heterocycles. The molecule has 1 unspecified atom stereocenters. The van der Waals surface area contributed by atoms with Crippen LogP contribution < -0.4 is 0 Å². The molecule has 0 aromatic heterocycles. The van der Waals surface area contributed by atoms with Crippen LogP contribution in [0.5, 0.6) is 0 Å². The van der Waals surface area contributed by atoms with E-state index in [9.17, 15) is 9.59 Å². The Morgan fingerprint density at radius 2 is 2.00 bits per heavy atom. The third-order valence-electron chi connectivity index (χ3n) is 4.86. The summed E-state index contributed by atoms with van der Waals surface area (Å²) in [6, 6.07) is 0. The molecule has 2 fully saturated rings. The van der Waals surface area contributed by atoms with Gasteiger partial charge >= 0.3 is 0 Å². The Morgan fingerprint density at radius 3 is 2.68 bits per heavy atom. The third kappa shape index (κ3) is 4.05. The van der Waals surface area contributed by atoms with Crippen molar-refractivity contribution in [2.75, 3.05) is 13.1 Å². The van der Waals surface area contributed by atoms with Gasteiger partial charge in [-0.05, 0) is 18.8 Å². The molecule has 0 N–H and O–H groups in total. The lowest BCUT2D eigenvalue weighted by Gasteiger charge is -2.32. The average molecular weight is 265 g/mol. The number of hydrogen-bond donors (Lipinski definition) is 0. The van der Waals surface area contributed by atoms with E-state index in [1.165, 1.54) is 32.1 Å². The SMILES string of the molecule is CCC1CN(C(=O)CCC2CCCCC2)CCC1=O. The minimum Gasteiger partial charge on any atom is -0.342 e. The van der Waals surface area contributed by atoms with Gasteiger partial charge in [-0.1, -0.05) is 39.0 Å². The number of piperidine rings is 1. The maximum atomic E-state index is 12.2. The highest BCUT2D eigenvalue weighted by Gasteiger charge is 2.28. The minimum atomic E-state index is 0.0902. The molecule has 0 radical (unpaired) electrons. The molecule has 0 spiro atoms. The van der Waals surface area contributed by atoms with Crippen LogP contribution in [0.1, 0.15) is 64.7 Å². The molecular weight excluding hydrogens is 238 g/mol. The molecule has 0 bridgehead atoms. The second-order valence-corrected chi connectivity index (χ2v) is 6.20. The monoisotopic (exact) mass is 265 g/mol.